The monoisotopic (exact) mass is 301 g/mol. The Morgan fingerprint density at radius 3 is 2.68 bits per heavy atom. The van der Waals surface area contributed by atoms with Gasteiger partial charge in [-0.1, -0.05) is 13.5 Å². The van der Waals surface area contributed by atoms with Crippen LogP contribution in [0.15, 0.2) is 22.4 Å². The van der Waals surface area contributed by atoms with E-state index in [0.717, 1.165) is 47.7 Å². The number of aryl methyl sites for hydroxylation is 1. The summed E-state index contributed by atoms with van der Waals surface area (Å²) in [6, 6.07) is 2.10. The van der Waals surface area contributed by atoms with Crippen molar-refractivity contribution in [3.8, 4) is 0 Å². The minimum absolute atomic E-state index is 0.104. The summed E-state index contributed by atoms with van der Waals surface area (Å²) in [6.07, 6.45) is 1.81. The van der Waals surface area contributed by atoms with E-state index < -0.39 is 0 Å². The van der Waals surface area contributed by atoms with E-state index in [2.05, 4.69) is 37.7 Å². The Hall–Kier alpha value is -1.84. The number of amidine groups is 1. The van der Waals surface area contributed by atoms with E-state index in [4.69, 9.17) is 0 Å². The van der Waals surface area contributed by atoms with E-state index in [9.17, 15) is 4.79 Å². The van der Waals surface area contributed by atoms with Gasteiger partial charge in [0.25, 0.3) is 5.56 Å². The molecule has 2 rings (SSSR count). The van der Waals surface area contributed by atoms with Gasteiger partial charge in [0, 0.05) is 41.0 Å². The fraction of sp³-hybridized carbons (Fsp3) is 0.556. The molecule has 1 aromatic rings. The maximum absolute atomic E-state index is 12.6. The van der Waals surface area contributed by atoms with Gasteiger partial charge in [-0.05, 0) is 46.6 Å². The van der Waals surface area contributed by atoms with Crippen LogP contribution in [0.2, 0.25) is 0 Å². The van der Waals surface area contributed by atoms with Crippen LogP contribution in [-0.4, -0.2) is 16.9 Å². The van der Waals surface area contributed by atoms with Crippen LogP contribution in [0.5, 0.6) is 0 Å². The van der Waals surface area contributed by atoms with Crippen molar-refractivity contribution in [2.45, 2.75) is 53.5 Å². The summed E-state index contributed by atoms with van der Waals surface area (Å²) in [7, 11) is 0. The van der Waals surface area contributed by atoms with E-state index in [-0.39, 0.29) is 11.6 Å². The maximum atomic E-state index is 12.6. The smallest absolute Gasteiger partial charge is 0.253 e. The molecule has 0 saturated carbocycles. The van der Waals surface area contributed by atoms with Crippen LogP contribution in [-0.2, 0) is 6.42 Å². The lowest BCUT2D eigenvalue weighted by Gasteiger charge is -2.21. The Balaban J connectivity index is 2.69. The van der Waals surface area contributed by atoms with Gasteiger partial charge in [-0.2, -0.15) is 0 Å². The number of rotatable bonds is 3. The topological polar surface area (TPSA) is 46.4 Å². The van der Waals surface area contributed by atoms with Gasteiger partial charge in [0.05, 0.1) is 0 Å². The van der Waals surface area contributed by atoms with Crippen molar-refractivity contribution < 1.29 is 0 Å². The highest BCUT2D eigenvalue weighted by Gasteiger charge is 2.26. The van der Waals surface area contributed by atoms with Gasteiger partial charge in [-0.25, -0.2) is 0 Å². The van der Waals surface area contributed by atoms with Crippen molar-refractivity contribution in [3.63, 3.8) is 0 Å². The third kappa shape index (κ3) is 2.87. The van der Waals surface area contributed by atoms with Crippen molar-refractivity contribution in [2.24, 2.45) is 10.9 Å². The van der Waals surface area contributed by atoms with Crippen molar-refractivity contribution in [2.75, 3.05) is 6.54 Å². The quantitative estimate of drug-likeness (QED) is 0.931. The van der Waals surface area contributed by atoms with E-state index in [0.29, 0.717) is 5.92 Å². The molecule has 0 spiro atoms. The molecule has 1 aliphatic rings. The zero-order chi connectivity index (χ0) is 16.4. The van der Waals surface area contributed by atoms with Gasteiger partial charge in [-0.15, -0.1) is 0 Å². The molecule has 0 aliphatic carbocycles. The second kappa shape index (κ2) is 6.51. The Morgan fingerprint density at radius 1 is 1.45 bits per heavy atom. The number of hydrogen-bond acceptors (Lipinski definition) is 2. The molecular formula is C18H27N3O. The third-order valence-electron chi connectivity index (χ3n) is 4.29. The van der Waals surface area contributed by atoms with Crippen LogP contribution in [0.1, 0.15) is 57.0 Å². The highest BCUT2D eigenvalue weighted by atomic mass is 16.1. The first-order valence-electron chi connectivity index (χ1n) is 8.16. The average molecular weight is 301 g/mol. The van der Waals surface area contributed by atoms with Crippen molar-refractivity contribution in [3.05, 3.63) is 39.8 Å². The normalized spacial score (nSPS) is 20.0. The average Bonchev–Trinajstić information content (AvgIpc) is 2.58. The number of aromatic nitrogens is 1. The standard InChI is InChI=1S/C18H27N3O/c1-7-14-10-16-15(13(6)20-17(14)19-8-2)9-12(5)18(22)21(16)11(3)4/h9,11,14H,6-8,10H2,1-5H3,(H,19,20). The van der Waals surface area contributed by atoms with E-state index in [1.165, 1.54) is 0 Å². The molecule has 2 heterocycles. The number of hydrogen-bond donors (Lipinski definition) is 1. The predicted octanol–water partition coefficient (Wildman–Crippen LogP) is 3.30. The molecule has 0 aromatic carbocycles. The van der Waals surface area contributed by atoms with E-state index in [1.807, 2.05) is 24.5 Å². The lowest BCUT2D eigenvalue weighted by atomic mass is 9.96. The summed E-state index contributed by atoms with van der Waals surface area (Å²) in [5.41, 5.74) is 3.84. The van der Waals surface area contributed by atoms with Crippen LogP contribution in [0, 0.1) is 12.8 Å². The molecule has 1 aliphatic heterocycles. The minimum Gasteiger partial charge on any atom is -0.344 e. The Kier molecular flexibility index (Phi) is 4.89. The van der Waals surface area contributed by atoms with E-state index in [1.54, 1.807) is 0 Å². The zero-order valence-corrected chi connectivity index (χ0v) is 14.4. The maximum Gasteiger partial charge on any atom is 0.253 e. The summed E-state index contributed by atoms with van der Waals surface area (Å²) in [5, 5.41) is 3.39. The van der Waals surface area contributed by atoms with E-state index >= 15 is 0 Å². The highest BCUT2D eigenvalue weighted by molar-refractivity contribution is 5.94. The molecule has 1 aromatic heterocycles. The SMILES string of the molecule is C=C1NC(=NCC)C(CC)Cc2c1cc(C)c(=O)n2C(C)C. The summed E-state index contributed by atoms with van der Waals surface area (Å²) < 4.78 is 1.93. The Labute approximate surface area is 133 Å². The predicted molar refractivity (Wildman–Crippen MR) is 93.5 cm³/mol. The molecule has 1 unspecified atom stereocenters. The van der Waals surface area contributed by atoms with Crippen LogP contribution in [0.3, 0.4) is 0 Å². The first kappa shape index (κ1) is 16.5. The van der Waals surface area contributed by atoms with Crippen LogP contribution < -0.4 is 10.9 Å². The van der Waals surface area contributed by atoms with Crippen molar-refractivity contribution >= 4 is 11.5 Å². The summed E-state index contributed by atoms with van der Waals surface area (Å²) in [6.45, 7) is 15.1. The van der Waals surface area contributed by atoms with Gasteiger partial charge in [0.15, 0.2) is 0 Å². The summed E-state index contributed by atoms with van der Waals surface area (Å²) in [4.78, 5) is 17.2. The number of fused-ring (bicyclic) bond motifs is 1. The molecule has 0 bridgehead atoms. The second-order valence-electron chi connectivity index (χ2n) is 6.23. The van der Waals surface area contributed by atoms with Crippen LogP contribution in [0.4, 0.5) is 0 Å². The fourth-order valence-electron chi connectivity index (χ4n) is 3.15. The first-order chi connectivity index (χ1) is 10.4. The van der Waals surface area contributed by atoms with Gasteiger partial charge >= 0.3 is 0 Å². The number of aliphatic imine (C=N–C) groups is 1. The molecule has 0 fully saturated rings. The molecule has 0 radical (unpaired) electrons. The van der Waals surface area contributed by atoms with Gasteiger partial charge in [0.1, 0.15) is 5.84 Å². The fourth-order valence-corrected chi connectivity index (χ4v) is 3.15. The molecule has 1 N–H and O–H groups in total. The summed E-state index contributed by atoms with van der Waals surface area (Å²) >= 11 is 0. The molecule has 1 atom stereocenters. The van der Waals surface area contributed by atoms with Gasteiger partial charge < -0.3 is 9.88 Å². The lowest BCUT2D eigenvalue weighted by Crippen LogP contribution is -2.30. The van der Waals surface area contributed by atoms with Crippen LogP contribution in [0.25, 0.3) is 5.70 Å². The molecule has 120 valence electrons. The third-order valence-corrected chi connectivity index (χ3v) is 4.29. The number of nitrogens with zero attached hydrogens (tertiary/aromatic N) is 2. The highest BCUT2D eigenvalue weighted by Crippen LogP contribution is 2.27. The Bertz CT molecular complexity index is 668. The minimum atomic E-state index is 0.104. The van der Waals surface area contributed by atoms with Crippen molar-refractivity contribution in [1.82, 2.24) is 9.88 Å². The molecule has 4 heteroatoms. The number of pyridine rings is 1. The molecule has 0 amide bonds. The molecule has 4 nitrogen and oxygen atoms in total. The largest absolute Gasteiger partial charge is 0.344 e. The van der Waals surface area contributed by atoms with Crippen molar-refractivity contribution in [1.29, 1.82) is 0 Å². The van der Waals surface area contributed by atoms with Gasteiger partial charge in [-0.3, -0.25) is 9.79 Å². The lowest BCUT2D eigenvalue weighted by molar-refractivity contribution is 0.522. The molecular weight excluding hydrogens is 274 g/mol. The Morgan fingerprint density at radius 2 is 2.14 bits per heavy atom. The number of nitrogens with one attached hydrogen (secondary N) is 1. The first-order valence-corrected chi connectivity index (χ1v) is 8.16. The molecule has 22 heavy (non-hydrogen) atoms. The molecule has 0 saturated heterocycles. The van der Waals surface area contributed by atoms with Gasteiger partial charge in [0.2, 0.25) is 0 Å². The second-order valence-corrected chi connectivity index (χ2v) is 6.23. The van der Waals surface area contributed by atoms with Crippen LogP contribution >= 0.6 is 0 Å². The zero-order valence-electron chi connectivity index (χ0n) is 14.4. The summed E-state index contributed by atoms with van der Waals surface area (Å²) in [5.74, 6) is 1.29.